The highest BCUT2D eigenvalue weighted by atomic mass is 32.1. The van der Waals surface area contributed by atoms with Crippen molar-refractivity contribution in [3.05, 3.63) is 60.0 Å². The molecule has 212 valence electrons. The Morgan fingerprint density at radius 1 is 0.925 bits per heavy atom. The minimum absolute atomic E-state index is 0.232. The summed E-state index contributed by atoms with van der Waals surface area (Å²) in [5.41, 5.74) is 2.09. The quantitative estimate of drug-likeness (QED) is 0.123. The first-order valence-corrected chi connectivity index (χ1v) is 15.4. The Bertz CT molecular complexity index is 1380. The molecule has 2 aromatic heterocycles. The van der Waals surface area contributed by atoms with E-state index in [0.29, 0.717) is 13.2 Å². The lowest BCUT2D eigenvalue weighted by molar-refractivity contribution is 0.0959. The molecule has 0 aliphatic carbocycles. The molecule has 1 aliphatic heterocycles. The standard InChI is InChI=1S/C32H39N3O4S/c1-2-3-4-6-22-38-32(36)39-31-14-12-25-11-13-26(24-28(25)33-31)37-21-7-5-16-34-17-19-35(20-18-34)29-9-8-10-30-27(29)15-23-40-30/h8-15,23-24H,2-7,16-22H2,1H3. The lowest BCUT2D eigenvalue weighted by Crippen LogP contribution is -2.46. The molecule has 5 rings (SSSR count). The molecule has 8 heteroatoms. The number of rotatable bonds is 13. The fourth-order valence-electron chi connectivity index (χ4n) is 5.12. The van der Waals surface area contributed by atoms with E-state index in [-0.39, 0.29) is 5.88 Å². The first-order chi connectivity index (χ1) is 19.7. The highest BCUT2D eigenvalue weighted by Gasteiger charge is 2.18. The molecular formula is C32H39N3O4S. The lowest BCUT2D eigenvalue weighted by Gasteiger charge is -2.36. The Kier molecular flexibility index (Phi) is 10.1. The third-order valence-corrected chi connectivity index (χ3v) is 8.25. The van der Waals surface area contributed by atoms with Crippen molar-refractivity contribution < 1.29 is 19.0 Å². The van der Waals surface area contributed by atoms with E-state index < -0.39 is 6.16 Å². The Morgan fingerprint density at radius 3 is 2.65 bits per heavy atom. The van der Waals surface area contributed by atoms with E-state index in [9.17, 15) is 4.79 Å². The topological polar surface area (TPSA) is 64.1 Å². The summed E-state index contributed by atoms with van der Waals surface area (Å²) in [6, 6.07) is 18.3. The second-order valence-electron chi connectivity index (χ2n) is 10.3. The second kappa shape index (κ2) is 14.3. The molecule has 0 N–H and O–H groups in total. The molecule has 0 spiro atoms. The predicted octanol–water partition coefficient (Wildman–Crippen LogP) is 7.53. The number of nitrogens with zero attached hydrogens (tertiary/aromatic N) is 3. The molecule has 1 fully saturated rings. The van der Waals surface area contributed by atoms with E-state index in [1.807, 2.05) is 35.6 Å². The first kappa shape index (κ1) is 28.2. The van der Waals surface area contributed by atoms with Crippen molar-refractivity contribution in [1.29, 1.82) is 0 Å². The summed E-state index contributed by atoms with van der Waals surface area (Å²) in [6.07, 6.45) is 5.56. The van der Waals surface area contributed by atoms with Crippen LogP contribution in [0.2, 0.25) is 0 Å². The number of ether oxygens (including phenoxy) is 3. The molecule has 2 aromatic carbocycles. The van der Waals surface area contributed by atoms with Gasteiger partial charge in [0.1, 0.15) is 5.75 Å². The number of piperazine rings is 1. The average molecular weight is 562 g/mol. The van der Waals surface area contributed by atoms with Crippen molar-refractivity contribution in [2.24, 2.45) is 0 Å². The number of hydrogen-bond donors (Lipinski definition) is 0. The molecule has 0 saturated carbocycles. The molecule has 7 nitrogen and oxygen atoms in total. The number of thiophene rings is 1. The Morgan fingerprint density at radius 2 is 1.77 bits per heavy atom. The van der Waals surface area contributed by atoms with Gasteiger partial charge >= 0.3 is 6.16 Å². The fourth-order valence-corrected chi connectivity index (χ4v) is 5.93. The molecule has 0 radical (unpaired) electrons. The number of carbonyl (C=O) groups excluding carboxylic acids is 1. The highest BCUT2D eigenvalue weighted by Crippen LogP contribution is 2.31. The number of hydrogen-bond acceptors (Lipinski definition) is 8. The maximum Gasteiger partial charge on any atom is 0.515 e. The van der Waals surface area contributed by atoms with Gasteiger partial charge in [0.05, 0.1) is 18.7 Å². The molecule has 1 aliphatic rings. The van der Waals surface area contributed by atoms with Gasteiger partial charge in [0.15, 0.2) is 0 Å². The first-order valence-electron chi connectivity index (χ1n) is 14.5. The van der Waals surface area contributed by atoms with E-state index in [0.717, 1.165) is 87.9 Å². The summed E-state index contributed by atoms with van der Waals surface area (Å²) in [5.74, 6) is 1.00. The molecule has 40 heavy (non-hydrogen) atoms. The number of anilines is 1. The summed E-state index contributed by atoms with van der Waals surface area (Å²) in [6.45, 7) is 8.58. The zero-order valence-electron chi connectivity index (χ0n) is 23.3. The zero-order valence-corrected chi connectivity index (χ0v) is 24.2. The van der Waals surface area contributed by atoms with E-state index >= 15 is 0 Å². The molecule has 1 saturated heterocycles. The third kappa shape index (κ3) is 7.64. The van der Waals surface area contributed by atoms with Crippen LogP contribution in [0.3, 0.4) is 0 Å². The van der Waals surface area contributed by atoms with Crippen molar-refractivity contribution in [2.45, 2.75) is 45.4 Å². The van der Waals surface area contributed by atoms with Gasteiger partial charge in [-0.25, -0.2) is 9.78 Å². The smallest absolute Gasteiger partial charge is 0.494 e. The number of aromatic nitrogens is 1. The van der Waals surface area contributed by atoms with E-state index in [1.54, 1.807) is 6.07 Å². The highest BCUT2D eigenvalue weighted by molar-refractivity contribution is 7.17. The van der Waals surface area contributed by atoms with Gasteiger partial charge in [-0.3, -0.25) is 4.90 Å². The van der Waals surface area contributed by atoms with E-state index in [1.165, 1.54) is 15.8 Å². The fraction of sp³-hybridized carbons (Fsp3) is 0.438. The monoisotopic (exact) mass is 561 g/mol. The third-order valence-electron chi connectivity index (χ3n) is 7.37. The van der Waals surface area contributed by atoms with Crippen LogP contribution in [-0.4, -0.2) is 62.0 Å². The number of benzene rings is 2. The van der Waals surface area contributed by atoms with Gasteiger partial charge in [-0.1, -0.05) is 32.3 Å². The van der Waals surface area contributed by atoms with Gasteiger partial charge in [-0.05, 0) is 67.6 Å². The summed E-state index contributed by atoms with van der Waals surface area (Å²) in [5, 5.41) is 4.52. The minimum atomic E-state index is -0.711. The van der Waals surface area contributed by atoms with Crippen LogP contribution in [0.25, 0.3) is 21.0 Å². The molecule has 0 atom stereocenters. The lowest BCUT2D eigenvalue weighted by atomic mass is 10.2. The van der Waals surface area contributed by atoms with Gasteiger partial charge in [-0.15, -0.1) is 11.3 Å². The largest absolute Gasteiger partial charge is 0.515 e. The summed E-state index contributed by atoms with van der Waals surface area (Å²) >= 11 is 1.81. The van der Waals surface area contributed by atoms with Crippen LogP contribution in [-0.2, 0) is 4.74 Å². The average Bonchev–Trinajstić information content (AvgIpc) is 3.46. The number of unbranched alkanes of at least 4 members (excludes halogenated alkanes) is 4. The maximum atomic E-state index is 12.0. The molecule has 4 aromatic rings. The van der Waals surface area contributed by atoms with Crippen LogP contribution >= 0.6 is 11.3 Å². The molecule has 0 bridgehead atoms. The predicted molar refractivity (Wildman–Crippen MR) is 163 cm³/mol. The van der Waals surface area contributed by atoms with Crippen LogP contribution < -0.4 is 14.4 Å². The van der Waals surface area contributed by atoms with Crippen molar-refractivity contribution in [3.63, 3.8) is 0 Å². The summed E-state index contributed by atoms with van der Waals surface area (Å²) < 4.78 is 17.8. The van der Waals surface area contributed by atoms with Crippen molar-refractivity contribution in [2.75, 3.05) is 50.8 Å². The van der Waals surface area contributed by atoms with Gasteiger partial charge in [0, 0.05) is 59.5 Å². The van der Waals surface area contributed by atoms with E-state index in [4.69, 9.17) is 14.2 Å². The van der Waals surface area contributed by atoms with Gasteiger partial charge in [0.2, 0.25) is 5.88 Å². The number of fused-ring (bicyclic) bond motifs is 2. The minimum Gasteiger partial charge on any atom is -0.494 e. The van der Waals surface area contributed by atoms with Crippen LogP contribution in [0.4, 0.5) is 10.5 Å². The maximum absolute atomic E-state index is 12.0. The van der Waals surface area contributed by atoms with Crippen LogP contribution in [0.15, 0.2) is 60.0 Å². The molecular weight excluding hydrogens is 522 g/mol. The van der Waals surface area contributed by atoms with Crippen LogP contribution in [0.1, 0.15) is 45.4 Å². The Hall–Kier alpha value is -3.36. The van der Waals surface area contributed by atoms with E-state index in [2.05, 4.69) is 51.4 Å². The SMILES string of the molecule is CCCCCCOC(=O)Oc1ccc2ccc(OCCCCN3CCN(c4cccc5sccc45)CC3)cc2n1. The molecule has 3 heterocycles. The normalized spacial score (nSPS) is 14.1. The number of pyridine rings is 1. The summed E-state index contributed by atoms with van der Waals surface area (Å²) in [7, 11) is 0. The van der Waals surface area contributed by atoms with Crippen molar-refractivity contribution in [3.8, 4) is 11.6 Å². The zero-order chi connectivity index (χ0) is 27.6. The summed E-state index contributed by atoms with van der Waals surface area (Å²) in [4.78, 5) is 21.5. The molecule has 0 amide bonds. The van der Waals surface area contributed by atoms with Gasteiger partial charge in [0.25, 0.3) is 0 Å². The second-order valence-corrected chi connectivity index (χ2v) is 11.2. The molecule has 0 unspecified atom stereocenters. The Balaban J connectivity index is 1.01. The van der Waals surface area contributed by atoms with Crippen LogP contribution in [0.5, 0.6) is 11.6 Å². The number of carbonyl (C=O) groups is 1. The van der Waals surface area contributed by atoms with Crippen LogP contribution in [0, 0.1) is 0 Å². The Labute approximate surface area is 240 Å². The van der Waals surface area contributed by atoms with Gasteiger partial charge < -0.3 is 19.1 Å². The van der Waals surface area contributed by atoms with Crippen molar-refractivity contribution in [1.82, 2.24) is 9.88 Å². The van der Waals surface area contributed by atoms with Crippen molar-refractivity contribution >= 4 is 44.2 Å². The van der Waals surface area contributed by atoms with Gasteiger partial charge in [-0.2, -0.15) is 0 Å².